The van der Waals surface area contributed by atoms with Gasteiger partial charge >= 0.3 is 0 Å². The van der Waals surface area contributed by atoms with Crippen LogP contribution in [0.15, 0.2) is 96.6 Å². The summed E-state index contributed by atoms with van der Waals surface area (Å²) >= 11 is 0. The van der Waals surface area contributed by atoms with Gasteiger partial charge in [0.05, 0.1) is 17.3 Å². The van der Waals surface area contributed by atoms with Crippen LogP contribution in [0.25, 0.3) is 27.5 Å². The van der Waals surface area contributed by atoms with Gasteiger partial charge in [0.2, 0.25) is 0 Å². The van der Waals surface area contributed by atoms with Crippen molar-refractivity contribution in [1.82, 2.24) is 14.9 Å². The Kier molecular flexibility index (Phi) is 4.08. The molecule has 4 aliphatic heterocycles. The lowest BCUT2D eigenvalue weighted by Crippen LogP contribution is -2.70. The quantitative estimate of drug-likeness (QED) is 0.214. The highest BCUT2D eigenvalue weighted by Crippen LogP contribution is 2.68. The monoisotopic (exact) mass is 538 g/mol. The Labute approximate surface area is 238 Å². The number of furan rings is 1. The van der Waals surface area contributed by atoms with Gasteiger partial charge in [0, 0.05) is 53.9 Å². The first-order valence-corrected chi connectivity index (χ1v) is 14.1. The van der Waals surface area contributed by atoms with Crippen LogP contribution in [0.1, 0.15) is 25.0 Å². The standard InChI is InChI=1S/C34H30N6O/c1-20-21-14-15-23-22-10-6-9-13-27(22)41-29(23)28(21)39-17-16-37(4)31(39)34(3)32-38(5)26-18-35-19-36-30(26)40(32)25-12-8-7-11-24(25)33(20,34)2/h6-19,31-32H,1H2,2-5H3. The lowest BCUT2D eigenvalue weighted by atomic mass is 9.52. The number of nitrogens with zero attached hydrogens (tertiary/aromatic N) is 6. The first kappa shape index (κ1) is 23.0. The second-order valence-electron chi connectivity index (χ2n) is 12.2. The van der Waals surface area contributed by atoms with E-state index >= 15 is 0 Å². The summed E-state index contributed by atoms with van der Waals surface area (Å²) in [6.45, 7) is 9.78. The van der Waals surface area contributed by atoms with Crippen LogP contribution in [-0.2, 0) is 5.41 Å². The molecule has 2 aromatic heterocycles. The minimum absolute atomic E-state index is 0.0464. The zero-order valence-electron chi connectivity index (χ0n) is 23.5. The molecule has 0 amide bonds. The molecule has 0 fully saturated rings. The maximum absolute atomic E-state index is 6.67. The van der Waals surface area contributed by atoms with Gasteiger partial charge in [0.25, 0.3) is 0 Å². The molecule has 7 heteroatoms. The van der Waals surface area contributed by atoms with Crippen LogP contribution >= 0.6 is 0 Å². The Morgan fingerprint density at radius 1 is 0.878 bits per heavy atom. The molecule has 4 aliphatic rings. The van der Waals surface area contributed by atoms with Crippen molar-refractivity contribution in [2.75, 3.05) is 28.8 Å². The number of benzene rings is 3. The Hall–Kier alpha value is -4.78. The summed E-state index contributed by atoms with van der Waals surface area (Å²) in [6.07, 6.45) is 7.91. The van der Waals surface area contributed by atoms with Gasteiger partial charge in [-0.25, -0.2) is 9.97 Å². The molecular formula is C34H30N6O. The van der Waals surface area contributed by atoms with Crippen molar-refractivity contribution in [2.45, 2.75) is 31.6 Å². The van der Waals surface area contributed by atoms with Crippen molar-refractivity contribution in [1.29, 1.82) is 0 Å². The molecule has 6 heterocycles. The molecule has 0 saturated heterocycles. The van der Waals surface area contributed by atoms with E-state index < -0.39 is 10.8 Å². The maximum Gasteiger partial charge on any atom is 0.161 e. The molecule has 202 valence electrons. The zero-order chi connectivity index (χ0) is 27.8. The number of para-hydroxylation sites is 2. The normalized spacial score (nSPS) is 27.5. The first-order chi connectivity index (χ1) is 19.9. The number of anilines is 4. The first-order valence-electron chi connectivity index (χ1n) is 14.1. The van der Waals surface area contributed by atoms with Gasteiger partial charge in [0.1, 0.15) is 29.9 Å². The Balaban J connectivity index is 1.42. The molecule has 9 rings (SSSR count). The lowest BCUT2D eigenvalue weighted by Gasteiger charge is -2.61. The number of rotatable bonds is 0. The van der Waals surface area contributed by atoms with Crippen LogP contribution in [0.3, 0.4) is 0 Å². The van der Waals surface area contributed by atoms with E-state index in [-0.39, 0.29) is 12.3 Å². The topological polar surface area (TPSA) is 51.9 Å². The maximum atomic E-state index is 6.67. The van der Waals surface area contributed by atoms with Gasteiger partial charge in [-0.3, -0.25) is 0 Å². The highest BCUT2D eigenvalue weighted by Gasteiger charge is 2.69. The summed E-state index contributed by atoms with van der Waals surface area (Å²) in [5.41, 5.74) is 7.67. The van der Waals surface area contributed by atoms with Gasteiger partial charge in [-0.2, -0.15) is 0 Å². The number of hydrogen-bond acceptors (Lipinski definition) is 7. The van der Waals surface area contributed by atoms with E-state index in [1.165, 1.54) is 5.56 Å². The molecule has 0 bridgehead atoms. The third-order valence-corrected chi connectivity index (χ3v) is 10.6. The third-order valence-electron chi connectivity index (χ3n) is 10.6. The largest absolute Gasteiger partial charge is 0.454 e. The van der Waals surface area contributed by atoms with Crippen LogP contribution in [0, 0.1) is 5.41 Å². The average molecular weight is 539 g/mol. The van der Waals surface area contributed by atoms with E-state index in [0.29, 0.717) is 0 Å². The minimum Gasteiger partial charge on any atom is -0.454 e. The lowest BCUT2D eigenvalue weighted by molar-refractivity contribution is 0.0566. The van der Waals surface area contributed by atoms with Crippen molar-refractivity contribution in [2.24, 2.45) is 5.41 Å². The Bertz CT molecular complexity index is 1990. The highest BCUT2D eigenvalue weighted by atomic mass is 16.3. The van der Waals surface area contributed by atoms with Crippen molar-refractivity contribution < 1.29 is 4.42 Å². The molecule has 0 N–H and O–H groups in total. The van der Waals surface area contributed by atoms with Crippen molar-refractivity contribution >= 4 is 50.4 Å². The predicted octanol–water partition coefficient (Wildman–Crippen LogP) is 6.84. The molecule has 0 radical (unpaired) electrons. The van der Waals surface area contributed by atoms with Gasteiger partial charge in [-0.05, 0) is 29.3 Å². The van der Waals surface area contributed by atoms with E-state index in [1.54, 1.807) is 6.33 Å². The molecule has 41 heavy (non-hydrogen) atoms. The van der Waals surface area contributed by atoms with E-state index in [1.807, 2.05) is 12.3 Å². The number of allylic oxidation sites excluding steroid dienone is 1. The highest BCUT2D eigenvalue weighted by molar-refractivity contribution is 6.12. The smallest absolute Gasteiger partial charge is 0.161 e. The molecule has 4 atom stereocenters. The molecule has 0 aliphatic carbocycles. The van der Waals surface area contributed by atoms with Crippen LogP contribution in [0.5, 0.6) is 0 Å². The number of fused-ring (bicyclic) bond motifs is 16. The SMILES string of the molecule is C=C1c2ccc3c(oc4ccccc43)c2N2C=CN(C)C2C2(C)C3N(C)c4cncnc4N3c3ccccc3C12C. The van der Waals surface area contributed by atoms with E-state index in [4.69, 9.17) is 16.0 Å². The van der Waals surface area contributed by atoms with Gasteiger partial charge in [-0.1, -0.05) is 62.9 Å². The molecule has 0 saturated carbocycles. The summed E-state index contributed by atoms with van der Waals surface area (Å²) in [4.78, 5) is 18.8. The molecule has 7 nitrogen and oxygen atoms in total. The van der Waals surface area contributed by atoms with Crippen LogP contribution in [0.4, 0.5) is 22.9 Å². The van der Waals surface area contributed by atoms with Crippen molar-refractivity contribution in [3.05, 3.63) is 103 Å². The minimum atomic E-state index is -0.456. The molecule has 3 aromatic carbocycles. The van der Waals surface area contributed by atoms with E-state index in [9.17, 15) is 0 Å². The number of aromatic nitrogens is 2. The Morgan fingerprint density at radius 3 is 2.56 bits per heavy atom. The summed E-state index contributed by atoms with van der Waals surface area (Å²) < 4.78 is 6.67. The summed E-state index contributed by atoms with van der Waals surface area (Å²) in [6, 6.07) is 21.6. The van der Waals surface area contributed by atoms with Gasteiger partial charge in [-0.15, -0.1) is 0 Å². The van der Waals surface area contributed by atoms with E-state index in [0.717, 1.165) is 56.0 Å². The fourth-order valence-electron chi connectivity index (χ4n) is 8.61. The van der Waals surface area contributed by atoms with Gasteiger partial charge in [0.15, 0.2) is 11.4 Å². The molecule has 5 aromatic rings. The Morgan fingerprint density at radius 2 is 1.68 bits per heavy atom. The van der Waals surface area contributed by atoms with Crippen molar-refractivity contribution in [3.8, 4) is 0 Å². The van der Waals surface area contributed by atoms with Crippen LogP contribution in [-0.4, -0.2) is 41.3 Å². The fourth-order valence-corrected chi connectivity index (χ4v) is 8.61. The molecule has 4 unspecified atom stereocenters. The van der Waals surface area contributed by atoms with E-state index in [2.05, 4.69) is 120 Å². The summed E-state index contributed by atoms with van der Waals surface area (Å²) in [5, 5.41) is 2.25. The average Bonchev–Trinajstić information content (AvgIpc) is 3.65. The zero-order valence-corrected chi connectivity index (χ0v) is 23.5. The summed E-state index contributed by atoms with van der Waals surface area (Å²) in [7, 11) is 4.36. The van der Waals surface area contributed by atoms with Gasteiger partial charge < -0.3 is 24.0 Å². The second kappa shape index (κ2) is 7.29. The van der Waals surface area contributed by atoms with Crippen LogP contribution in [0.2, 0.25) is 0 Å². The fraction of sp³-hybridized carbons (Fsp3) is 0.235. The number of hydrogen-bond donors (Lipinski definition) is 0. The van der Waals surface area contributed by atoms with Crippen LogP contribution < -0.4 is 14.7 Å². The second-order valence-corrected chi connectivity index (χ2v) is 12.2. The molecule has 0 spiro atoms. The third kappa shape index (κ3) is 2.40. The summed E-state index contributed by atoms with van der Waals surface area (Å²) in [5.74, 6) is 0.940. The predicted molar refractivity (Wildman–Crippen MR) is 164 cm³/mol. The molecular weight excluding hydrogens is 508 g/mol. The van der Waals surface area contributed by atoms with Crippen molar-refractivity contribution in [3.63, 3.8) is 0 Å².